The Balaban J connectivity index is 1.14. The van der Waals surface area contributed by atoms with E-state index in [9.17, 15) is 43.3 Å². The van der Waals surface area contributed by atoms with Crippen LogP contribution in [-0.4, -0.2) is 44.5 Å². The molecule has 0 heterocycles. The standard InChI is InChI=1S/C35H26N8O9S/c44-25-11-13-28(30(46)17-25)41-38-22-7-3-20(4-8-22)36-35(49)37-21-5-9-23(10-6-21)39-43-33-32(53(50,51)52)15-19-1-2-24(16-27(19)34(33)48)40-42-29-14-12-26(45)18-31(29)47/h1-18,44-48H,(H2,36,37,49)(H,50,51,52). The third-order valence-electron chi connectivity index (χ3n) is 7.29. The van der Waals surface area contributed by atoms with Crippen molar-refractivity contribution in [1.82, 2.24) is 0 Å². The molecule has 6 aromatic carbocycles. The number of phenols is 5. The summed E-state index contributed by atoms with van der Waals surface area (Å²) < 4.78 is 34.4. The molecule has 0 aliphatic carbocycles. The van der Waals surface area contributed by atoms with Crippen LogP contribution in [0.15, 0.2) is 145 Å². The van der Waals surface area contributed by atoms with Gasteiger partial charge in [-0.3, -0.25) is 4.55 Å². The van der Waals surface area contributed by atoms with Crippen molar-refractivity contribution in [2.75, 3.05) is 10.6 Å². The maximum absolute atomic E-state index is 12.6. The second-order valence-corrected chi connectivity index (χ2v) is 12.5. The number of nitrogens with one attached hydrogen (secondary N) is 2. The largest absolute Gasteiger partial charge is 0.508 e. The number of nitrogens with zero attached hydrogens (tertiary/aromatic N) is 6. The van der Waals surface area contributed by atoms with Crippen molar-refractivity contribution in [2.45, 2.75) is 4.90 Å². The maximum atomic E-state index is 12.6. The van der Waals surface area contributed by atoms with Gasteiger partial charge in [-0.05, 0) is 96.4 Å². The average Bonchev–Trinajstić information content (AvgIpc) is 3.11. The van der Waals surface area contributed by atoms with Gasteiger partial charge in [-0.2, -0.15) is 23.8 Å². The van der Waals surface area contributed by atoms with E-state index in [0.717, 1.165) is 18.2 Å². The fourth-order valence-corrected chi connectivity index (χ4v) is 5.38. The number of amides is 2. The van der Waals surface area contributed by atoms with E-state index in [4.69, 9.17) is 0 Å². The molecule has 6 rings (SSSR count). The van der Waals surface area contributed by atoms with Crippen molar-refractivity contribution < 1.29 is 43.3 Å². The number of urea groups is 1. The summed E-state index contributed by atoms with van der Waals surface area (Å²) >= 11 is 0. The topological polar surface area (TPSA) is 271 Å². The first-order valence-electron chi connectivity index (χ1n) is 15.2. The number of hydrogen-bond acceptors (Lipinski definition) is 14. The zero-order valence-corrected chi connectivity index (χ0v) is 27.7. The summed E-state index contributed by atoms with van der Waals surface area (Å²) in [5.74, 6) is -1.44. The summed E-state index contributed by atoms with van der Waals surface area (Å²) in [4.78, 5) is 11.9. The van der Waals surface area contributed by atoms with Crippen molar-refractivity contribution in [3.63, 3.8) is 0 Å². The number of anilines is 2. The molecule has 0 radical (unpaired) electrons. The third kappa shape index (κ3) is 8.66. The minimum Gasteiger partial charge on any atom is -0.508 e. The minimum atomic E-state index is -4.87. The summed E-state index contributed by atoms with van der Waals surface area (Å²) in [6.07, 6.45) is 0. The smallest absolute Gasteiger partial charge is 0.323 e. The first-order chi connectivity index (χ1) is 25.3. The predicted molar refractivity (Wildman–Crippen MR) is 193 cm³/mol. The zero-order valence-electron chi connectivity index (χ0n) is 26.9. The summed E-state index contributed by atoms with van der Waals surface area (Å²) in [6, 6.07) is 24.8. The highest BCUT2D eigenvalue weighted by Crippen LogP contribution is 2.43. The van der Waals surface area contributed by atoms with Gasteiger partial charge in [0.25, 0.3) is 10.1 Å². The van der Waals surface area contributed by atoms with Gasteiger partial charge in [-0.1, -0.05) is 6.07 Å². The molecule has 0 aliphatic rings. The number of rotatable bonds is 9. The molecule has 18 heteroatoms. The molecule has 0 aromatic heterocycles. The normalized spacial score (nSPS) is 11.9. The molecule has 0 atom stereocenters. The quantitative estimate of drug-likeness (QED) is 0.0518. The lowest BCUT2D eigenvalue weighted by Gasteiger charge is -2.09. The van der Waals surface area contributed by atoms with E-state index in [1.54, 1.807) is 24.3 Å². The molecule has 0 unspecified atom stereocenters. The van der Waals surface area contributed by atoms with E-state index in [1.807, 2.05) is 0 Å². The fourth-order valence-electron chi connectivity index (χ4n) is 4.72. The highest BCUT2D eigenvalue weighted by molar-refractivity contribution is 7.86. The third-order valence-corrected chi connectivity index (χ3v) is 8.16. The molecule has 0 fully saturated rings. The van der Waals surface area contributed by atoms with Gasteiger partial charge in [0.1, 0.15) is 45.0 Å². The van der Waals surface area contributed by atoms with E-state index in [-0.39, 0.29) is 56.5 Å². The lowest BCUT2D eigenvalue weighted by molar-refractivity contribution is 0.262. The van der Waals surface area contributed by atoms with Crippen molar-refractivity contribution in [2.24, 2.45) is 30.7 Å². The van der Waals surface area contributed by atoms with E-state index in [2.05, 4.69) is 41.3 Å². The van der Waals surface area contributed by atoms with Crippen LogP contribution >= 0.6 is 0 Å². The minimum absolute atomic E-state index is 0.0620. The van der Waals surface area contributed by atoms with Crippen LogP contribution in [-0.2, 0) is 10.1 Å². The van der Waals surface area contributed by atoms with Crippen LogP contribution in [0.25, 0.3) is 10.8 Å². The van der Waals surface area contributed by atoms with Gasteiger partial charge in [0.2, 0.25) is 0 Å². The molecule has 6 aromatic rings. The summed E-state index contributed by atoms with van der Waals surface area (Å²) in [5.41, 5.74) is 1.35. The Labute approximate surface area is 299 Å². The average molecular weight is 735 g/mol. The number of carbonyl (C=O) groups excluding carboxylic acids is 1. The number of hydrogen-bond donors (Lipinski definition) is 8. The van der Waals surface area contributed by atoms with Gasteiger partial charge in [-0.25, -0.2) is 4.79 Å². The second kappa shape index (κ2) is 14.8. The number of carbonyl (C=O) groups is 1. The van der Waals surface area contributed by atoms with Crippen LogP contribution < -0.4 is 10.6 Å². The molecule has 0 saturated heterocycles. The van der Waals surface area contributed by atoms with Crippen LogP contribution in [0, 0.1) is 0 Å². The van der Waals surface area contributed by atoms with Gasteiger partial charge in [0.05, 0.1) is 17.1 Å². The van der Waals surface area contributed by atoms with Gasteiger partial charge in [-0.15, -0.1) is 15.3 Å². The Kier molecular flexibility index (Phi) is 9.89. The Morgan fingerprint density at radius 2 is 1.00 bits per heavy atom. The molecule has 0 bridgehead atoms. The van der Waals surface area contributed by atoms with Crippen LogP contribution in [0.5, 0.6) is 28.7 Å². The molecule has 0 saturated carbocycles. The second-order valence-electron chi connectivity index (χ2n) is 11.1. The lowest BCUT2D eigenvalue weighted by Crippen LogP contribution is -2.19. The monoisotopic (exact) mass is 734 g/mol. The molecule has 0 aliphatic heterocycles. The fraction of sp³-hybridized carbons (Fsp3) is 0. The SMILES string of the molecule is O=C(Nc1ccc(N=Nc2ccc(O)cc2O)cc1)Nc1ccc(N=Nc2c(S(=O)(=O)O)cc3ccc(N=Nc4ccc(O)cc4O)cc3c2O)cc1. The van der Waals surface area contributed by atoms with Gasteiger partial charge >= 0.3 is 6.03 Å². The highest BCUT2D eigenvalue weighted by Gasteiger charge is 2.22. The molecule has 8 N–H and O–H groups in total. The molecule has 53 heavy (non-hydrogen) atoms. The van der Waals surface area contributed by atoms with E-state index < -0.39 is 32.5 Å². The van der Waals surface area contributed by atoms with E-state index >= 15 is 0 Å². The summed E-state index contributed by atoms with van der Waals surface area (Å²) in [5, 5.41) is 79.2. The van der Waals surface area contributed by atoms with Crippen LogP contribution in [0.1, 0.15) is 0 Å². The summed E-state index contributed by atoms with van der Waals surface area (Å²) in [6.45, 7) is 0. The van der Waals surface area contributed by atoms with E-state index in [0.29, 0.717) is 17.1 Å². The number of fused-ring (bicyclic) bond motifs is 1. The number of azo groups is 3. The number of benzene rings is 6. The molecular formula is C35H26N8O9S. The highest BCUT2D eigenvalue weighted by atomic mass is 32.2. The predicted octanol–water partition coefficient (Wildman–Crippen LogP) is 9.50. The Bertz CT molecular complexity index is 2560. The molecule has 266 valence electrons. The Hall–Kier alpha value is -7.44. The molecular weight excluding hydrogens is 708 g/mol. The number of phenolic OH excluding ortho intramolecular Hbond substituents is 5. The zero-order chi connectivity index (χ0) is 37.7. The van der Waals surface area contributed by atoms with Crippen molar-refractivity contribution in [3.05, 3.63) is 109 Å². The molecule has 0 spiro atoms. The molecule has 2 amide bonds. The Morgan fingerprint density at radius 1 is 0.528 bits per heavy atom. The van der Waals surface area contributed by atoms with E-state index in [1.165, 1.54) is 66.7 Å². The van der Waals surface area contributed by atoms with Crippen molar-refractivity contribution in [3.8, 4) is 28.7 Å². The van der Waals surface area contributed by atoms with Crippen molar-refractivity contribution in [1.29, 1.82) is 0 Å². The Morgan fingerprint density at radius 3 is 1.49 bits per heavy atom. The van der Waals surface area contributed by atoms with Crippen LogP contribution in [0.4, 0.5) is 50.3 Å². The summed E-state index contributed by atoms with van der Waals surface area (Å²) in [7, 11) is -4.87. The number of aromatic hydroxyl groups is 5. The maximum Gasteiger partial charge on any atom is 0.323 e. The van der Waals surface area contributed by atoms with Crippen molar-refractivity contribution >= 4 is 72.4 Å². The van der Waals surface area contributed by atoms with Gasteiger partial charge in [0.15, 0.2) is 5.75 Å². The molecule has 17 nitrogen and oxygen atoms in total. The van der Waals surface area contributed by atoms with Crippen LogP contribution in [0.3, 0.4) is 0 Å². The first-order valence-corrected chi connectivity index (χ1v) is 16.6. The van der Waals surface area contributed by atoms with Crippen LogP contribution in [0.2, 0.25) is 0 Å². The van der Waals surface area contributed by atoms with Gasteiger partial charge in [0, 0.05) is 28.9 Å². The van der Waals surface area contributed by atoms with Gasteiger partial charge < -0.3 is 36.2 Å². The first kappa shape index (κ1) is 35.4. The lowest BCUT2D eigenvalue weighted by atomic mass is 10.1.